The summed E-state index contributed by atoms with van der Waals surface area (Å²) in [6, 6.07) is 14.0. The van der Waals surface area contributed by atoms with Gasteiger partial charge in [-0.15, -0.1) is 0 Å². The highest BCUT2D eigenvalue weighted by Crippen LogP contribution is 2.27. The van der Waals surface area contributed by atoms with Crippen molar-refractivity contribution in [2.24, 2.45) is 5.10 Å². The number of hydrogen-bond acceptors (Lipinski definition) is 6. The van der Waals surface area contributed by atoms with Crippen LogP contribution in [-0.4, -0.2) is 24.5 Å². The van der Waals surface area contributed by atoms with Gasteiger partial charge < -0.3 is 9.15 Å². The molecule has 0 aliphatic carbocycles. The number of hydrogen-bond donors (Lipinski definition) is 1. The summed E-state index contributed by atoms with van der Waals surface area (Å²) in [5.41, 5.74) is 2.36. The number of benzene rings is 2. The maximum atomic E-state index is 12.1. The molecule has 1 amide bonds. The molecule has 28 heavy (non-hydrogen) atoms. The molecule has 0 unspecified atom stereocenters. The van der Waals surface area contributed by atoms with E-state index in [9.17, 15) is 14.4 Å². The Morgan fingerprint density at radius 1 is 1.18 bits per heavy atom. The molecule has 0 spiro atoms. The normalized spacial score (nSPS) is 10.9. The van der Waals surface area contributed by atoms with Crippen LogP contribution >= 0.6 is 15.9 Å². The number of fused-ring (bicyclic) bond motifs is 1. The number of rotatable bonds is 6. The predicted octanol–water partition coefficient (Wildman–Crippen LogP) is 3.29. The third-order valence-corrected chi connectivity index (χ3v) is 4.27. The van der Waals surface area contributed by atoms with Crippen molar-refractivity contribution >= 4 is 44.8 Å². The quantitative estimate of drug-likeness (QED) is 0.273. The van der Waals surface area contributed by atoms with E-state index in [1.807, 2.05) is 24.3 Å². The molecule has 142 valence electrons. The van der Waals surface area contributed by atoms with Crippen LogP contribution < -0.4 is 15.8 Å². The first kappa shape index (κ1) is 19.5. The first-order valence-electron chi connectivity index (χ1n) is 8.23. The van der Waals surface area contributed by atoms with Crippen molar-refractivity contribution in [3.05, 3.63) is 74.6 Å². The summed E-state index contributed by atoms with van der Waals surface area (Å²) in [7, 11) is 0. The Labute approximate surface area is 168 Å². The van der Waals surface area contributed by atoms with Crippen LogP contribution in [0.2, 0.25) is 0 Å². The predicted molar refractivity (Wildman–Crippen MR) is 108 cm³/mol. The van der Waals surface area contributed by atoms with Crippen LogP contribution in [-0.2, 0) is 4.79 Å². The Hall–Kier alpha value is -3.26. The fourth-order valence-electron chi connectivity index (χ4n) is 2.47. The van der Waals surface area contributed by atoms with Gasteiger partial charge in [-0.3, -0.25) is 9.59 Å². The Kier molecular flexibility index (Phi) is 6.00. The lowest BCUT2D eigenvalue weighted by atomic mass is 10.1. The molecule has 0 atom stereocenters. The molecule has 1 aromatic heterocycles. The van der Waals surface area contributed by atoms with Crippen LogP contribution in [0, 0.1) is 0 Å². The number of carbonyl (C=O) groups excluding carboxylic acids is 2. The first-order valence-corrected chi connectivity index (χ1v) is 9.02. The molecule has 0 bridgehead atoms. The molecule has 1 heterocycles. The van der Waals surface area contributed by atoms with Gasteiger partial charge in [0.1, 0.15) is 16.9 Å². The molecule has 0 aliphatic rings. The number of Topliss-reactive ketones (excluding diaryl/α,β-unsaturated/α-hetero) is 1. The summed E-state index contributed by atoms with van der Waals surface area (Å²) in [4.78, 5) is 36.0. The van der Waals surface area contributed by atoms with E-state index in [4.69, 9.17) is 9.15 Å². The van der Waals surface area contributed by atoms with Gasteiger partial charge in [-0.2, -0.15) is 5.10 Å². The molecular formula is C20H15BrN2O5. The zero-order valence-electron chi connectivity index (χ0n) is 14.8. The van der Waals surface area contributed by atoms with Crippen LogP contribution in [0.3, 0.4) is 0 Å². The minimum atomic E-state index is -0.810. The maximum Gasteiger partial charge on any atom is 0.351 e. The molecule has 1 N–H and O–H groups in total. The van der Waals surface area contributed by atoms with Gasteiger partial charge in [-0.25, -0.2) is 10.2 Å². The fourth-order valence-corrected chi connectivity index (χ4v) is 2.74. The second kappa shape index (κ2) is 8.62. The number of nitrogens with one attached hydrogen (secondary N) is 1. The Morgan fingerprint density at radius 2 is 1.89 bits per heavy atom. The minimum absolute atomic E-state index is 0.0198. The third-order valence-electron chi connectivity index (χ3n) is 3.74. The highest BCUT2D eigenvalue weighted by Gasteiger charge is 2.20. The first-order chi connectivity index (χ1) is 13.5. The van der Waals surface area contributed by atoms with E-state index < -0.39 is 23.9 Å². The average molecular weight is 443 g/mol. The highest BCUT2D eigenvalue weighted by molar-refractivity contribution is 9.10. The van der Waals surface area contributed by atoms with E-state index in [1.165, 1.54) is 13.1 Å². The molecule has 0 saturated carbocycles. The maximum absolute atomic E-state index is 12.1. The van der Waals surface area contributed by atoms with Gasteiger partial charge in [0.2, 0.25) is 0 Å². The molecule has 7 nitrogen and oxygen atoms in total. The molecule has 0 fully saturated rings. The molecule has 3 aromatic rings. The molecule has 0 radical (unpaired) electrons. The van der Waals surface area contributed by atoms with Crippen LogP contribution in [0.1, 0.15) is 22.8 Å². The average Bonchev–Trinajstić information content (AvgIpc) is 2.67. The van der Waals surface area contributed by atoms with E-state index in [1.54, 1.807) is 24.3 Å². The summed E-state index contributed by atoms with van der Waals surface area (Å²) in [6.45, 7) is 0.807. The van der Waals surface area contributed by atoms with Gasteiger partial charge in [-0.1, -0.05) is 40.2 Å². The lowest BCUT2D eigenvalue weighted by molar-refractivity contribution is -0.123. The number of halogens is 1. The van der Waals surface area contributed by atoms with Gasteiger partial charge >= 0.3 is 5.63 Å². The molecule has 2 aromatic carbocycles. The van der Waals surface area contributed by atoms with Gasteiger partial charge in [0, 0.05) is 4.47 Å². The number of para-hydroxylation sites is 1. The molecule has 0 saturated heterocycles. The Balaban J connectivity index is 1.74. The van der Waals surface area contributed by atoms with Crippen LogP contribution in [0.25, 0.3) is 11.0 Å². The van der Waals surface area contributed by atoms with E-state index in [2.05, 4.69) is 26.5 Å². The number of hydrazone groups is 1. The van der Waals surface area contributed by atoms with Gasteiger partial charge in [0.25, 0.3) is 5.91 Å². The van der Waals surface area contributed by atoms with Crippen molar-refractivity contribution in [3.8, 4) is 5.75 Å². The van der Waals surface area contributed by atoms with Crippen molar-refractivity contribution in [3.63, 3.8) is 0 Å². The summed E-state index contributed by atoms with van der Waals surface area (Å²) in [6.07, 6.45) is 1.48. The largest absolute Gasteiger partial charge is 0.482 e. The number of ketones is 1. The van der Waals surface area contributed by atoms with Gasteiger partial charge in [0.15, 0.2) is 12.4 Å². The number of nitrogens with zero attached hydrogens (tertiary/aromatic N) is 1. The van der Waals surface area contributed by atoms with E-state index in [-0.39, 0.29) is 16.9 Å². The summed E-state index contributed by atoms with van der Waals surface area (Å²) < 4.78 is 11.6. The summed E-state index contributed by atoms with van der Waals surface area (Å²) in [5.74, 6) is -1.03. The fraction of sp³-hybridized carbons (Fsp3) is 0.100. The monoisotopic (exact) mass is 442 g/mol. The zero-order valence-corrected chi connectivity index (χ0v) is 16.4. The second-order valence-electron chi connectivity index (χ2n) is 5.78. The highest BCUT2D eigenvalue weighted by atomic mass is 79.9. The topological polar surface area (TPSA) is 98.0 Å². The Bertz CT molecular complexity index is 1120. The van der Waals surface area contributed by atoms with Gasteiger partial charge in [0.05, 0.1) is 11.6 Å². The molecule has 3 rings (SSSR count). The standard InChI is InChI=1S/C20H15BrN2O5/c1-12(24)18-19(15-4-2-3-5-16(15)28-20(18)26)27-11-17(25)23-22-10-13-6-8-14(21)9-7-13/h2-10H,11H2,1H3,(H,23,25)/b22-10+. The number of carbonyl (C=O) groups is 2. The van der Waals surface area contributed by atoms with Crippen molar-refractivity contribution in [1.82, 2.24) is 5.43 Å². The summed E-state index contributed by atoms with van der Waals surface area (Å²) in [5, 5.41) is 4.28. The Morgan fingerprint density at radius 3 is 2.61 bits per heavy atom. The second-order valence-corrected chi connectivity index (χ2v) is 6.70. The van der Waals surface area contributed by atoms with Crippen molar-refractivity contribution in [2.75, 3.05) is 6.61 Å². The molecule has 0 aliphatic heterocycles. The lowest BCUT2D eigenvalue weighted by Gasteiger charge is -2.10. The molecular weight excluding hydrogens is 428 g/mol. The van der Waals surface area contributed by atoms with E-state index in [0.29, 0.717) is 5.39 Å². The van der Waals surface area contributed by atoms with Crippen molar-refractivity contribution < 1.29 is 18.7 Å². The minimum Gasteiger partial charge on any atom is -0.482 e. The van der Waals surface area contributed by atoms with Crippen LogP contribution in [0.5, 0.6) is 5.75 Å². The van der Waals surface area contributed by atoms with Crippen LogP contribution in [0.15, 0.2) is 67.3 Å². The number of amides is 1. The van der Waals surface area contributed by atoms with E-state index >= 15 is 0 Å². The number of ether oxygens (including phenoxy) is 1. The molecule has 8 heteroatoms. The zero-order chi connectivity index (χ0) is 20.1. The lowest BCUT2D eigenvalue weighted by Crippen LogP contribution is -2.26. The van der Waals surface area contributed by atoms with E-state index in [0.717, 1.165) is 10.0 Å². The van der Waals surface area contributed by atoms with Gasteiger partial charge in [-0.05, 0) is 36.8 Å². The van der Waals surface area contributed by atoms with Crippen LogP contribution in [0.4, 0.5) is 0 Å². The summed E-state index contributed by atoms with van der Waals surface area (Å²) >= 11 is 3.33. The third kappa shape index (κ3) is 4.52. The smallest absolute Gasteiger partial charge is 0.351 e. The van der Waals surface area contributed by atoms with Crippen molar-refractivity contribution in [2.45, 2.75) is 6.92 Å². The van der Waals surface area contributed by atoms with Crippen molar-refractivity contribution in [1.29, 1.82) is 0 Å². The SMILES string of the molecule is CC(=O)c1c(OCC(=O)N/N=C/c2ccc(Br)cc2)c2ccccc2oc1=O.